The van der Waals surface area contributed by atoms with Gasteiger partial charge in [0.25, 0.3) is 5.56 Å². The number of amides is 1. The van der Waals surface area contributed by atoms with Crippen LogP contribution >= 0.6 is 0 Å². The molecular weight excluding hydrogens is 312 g/mol. The Balaban J connectivity index is 1.93. The van der Waals surface area contributed by atoms with E-state index in [1.807, 2.05) is 0 Å². The van der Waals surface area contributed by atoms with Crippen LogP contribution in [0.4, 0.5) is 5.69 Å². The number of fused-ring (bicyclic) bond motifs is 1. The quantitative estimate of drug-likeness (QED) is 0.720. The molecular formula is C16H14N4O4. The second kappa shape index (κ2) is 5.99. The minimum Gasteiger partial charge on any atom is -0.465 e. The van der Waals surface area contributed by atoms with Crippen molar-refractivity contribution in [1.82, 2.24) is 14.1 Å². The van der Waals surface area contributed by atoms with Gasteiger partial charge in [0.05, 0.1) is 23.5 Å². The number of hydrogen-bond donors (Lipinski definition) is 1. The highest BCUT2D eigenvalue weighted by molar-refractivity contribution is 6.02. The normalized spacial score (nSPS) is 11.2. The summed E-state index contributed by atoms with van der Waals surface area (Å²) in [6.07, 6.45) is 5.72. The van der Waals surface area contributed by atoms with E-state index in [2.05, 4.69) is 10.3 Å². The SMILES string of the molecule is Cn1c(=O)c2cc(NC(=O)/C=C/c3ccco3)cnc2n(C)c1=O. The van der Waals surface area contributed by atoms with Gasteiger partial charge in [-0.15, -0.1) is 0 Å². The Bertz CT molecular complexity index is 1060. The maximum atomic E-state index is 12.2. The maximum absolute atomic E-state index is 12.2. The number of nitrogens with zero attached hydrogens (tertiary/aromatic N) is 3. The van der Waals surface area contributed by atoms with E-state index >= 15 is 0 Å². The molecule has 0 saturated carbocycles. The van der Waals surface area contributed by atoms with Crippen LogP contribution in [-0.4, -0.2) is 20.0 Å². The number of carbonyl (C=O) groups excluding carboxylic acids is 1. The molecule has 0 fully saturated rings. The highest BCUT2D eigenvalue weighted by Crippen LogP contribution is 2.12. The Morgan fingerprint density at radius 3 is 2.79 bits per heavy atom. The van der Waals surface area contributed by atoms with E-state index in [9.17, 15) is 14.4 Å². The van der Waals surface area contributed by atoms with Gasteiger partial charge in [-0.05, 0) is 24.3 Å². The fraction of sp³-hybridized carbons (Fsp3) is 0.125. The minimum atomic E-state index is -0.470. The molecule has 0 aliphatic rings. The molecule has 1 N–H and O–H groups in total. The molecule has 24 heavy (non-hydrogen) atoms. The van der Waals surface area contributed by atoms with E-state index in [1.54, 1.807) is 12.1 Å². The Morgan fingerprint density at radius 2 is 2.08 bits per heavy atom. The van der Waals surface area contributed by atoms with Gasteiger partial charge in [0.15, 0.2) is 0 Å². The molecule has 0 radical (unpaired) electrons. The molecule has 0 aromatic carbocycles. The van der Waals surface area contributed by atoms with Gasteiger partial charge in [-0.2, -0.15) is 0 Å². The molecule has 1 amide bonds. The van der Waals surface area contributed by atoms with E-state index in [0.29, 0.717) is 11.4 Å². The summed E-state index contributed by atoms with van der Waals surface area (Å²) in [6.45, 7) is 0. The summed E-state index contributed by atoms with van der Waals surface area (Å²) in [7, 11) is 2.92. The van der Waals surface area contributed by atoms with Gasteiger partial charge >= 0.3 is 5.69 Å². The summed E-state index contributed by atoms with van der Waals surface area (Å²) in [5, 5.41) is 2.85. The largest absolute Gasteiger partial charge is 0.465 e. The first-order valence-corrected chi connectivity index (χ1v) is 7.05. The molecule has 3 heterocycles. The van der Waals surface area contributed by atoms with Gasteiger partial charge in [-0.25, -0.2) is 9.78 Å². The molecule has 3 aromatic heterocycles. The average molecular weight is 326 g/mol. The lowest BCUT2D eigenvalue weighted by molar-refractivity contribution is -0.111. The van der Waals surface area contributed by atoms with Crippen LogP contribution in [0.2, 0.25) is 0 Å². The lowest BCUT2D eigenvalue weighted by atomic mass is 10.3. The van der Waals surface area contributed by atoms with Crippen molar-refractivity contribution in [2.75, 3.05) is 5.32 Å². The lowest BCUT2D eigenvalue weighted by Gasteiger charge is -2.08. The average Bonchev–Trinajstić information content (AvgIpc) is 3.09. The van der Waals surface area contributed by atoms with Crippen molar-refractivity contribution >= 4 is 28.7 Å². The predicted octanol–water partition coefficient (Wildman–Crippen LogP) is 0.877. The van der Waals surface area contributed by atoms with Crippen LogP contribution < -0.4 is 16.6 Å². The lowest BCUT2D eigenvalue weighted by Crippen LogP contribution is -2.37. The second-order valence-corrected chi connectivity index (χ2v) is 5.14. The van der Waals surface area contributed by atoms with Crippen LogP contribution in [0.15, 0.2) is 50.7 Å². The molecule has 0 bridgehead atoms. The number of anilines is 1. The fourth-order valence-electron chi connectivity index (χ4n) is 2.26. The van der Waals surface area contributed by atoms with Gasteiger partial charge in [0.2, 0.25) is 5.91 Å². The molecule has 8 heteroatoms. The Labute approximate surface area is 135 Å². The van der Waals surface area contributed by atoms with Gasteiger partial charge in [-0.3, -0.25) is 18.7 Å². The van der Waals surface area contributed by atoms with Crippen LogP contribution in [0, 0.1) is 0 Å². The van der Waals surface area contributed by atoms with E-state index in [-0.39, 0.29) is 11.0 Å². The molecule has 3 aromatic rings. The number of aryl methyl sites for hydroxylation is 1. The van der Waals surface area contributed by atoms with Crippen molar-refractivity contribution in [2.24, 2.45) is 14.1 Å². The molecule has 0 spiro atoms. The van der Waals surface area contributed by atoms with Crippen molar-refractivity contribution in [2.45, 2.75) is 0 Å². The number of hydrogen-bond acceptors (Lipinski definition) is 5. The summed E-state index contributed by atoms with van der Waals surface area (Å²) in [5.74, 6) is 0.153. The number of pyridine rings is 1. The first-order chi connectivity index (χ1) is 11.5. The highest BCUT2D eigenvalue weighted by Gasteiger charge is 2.10. The molecule has 0 unspecified atom stereocenters. The van der Waals surface area contributed by atoms with Crippen LogP contribution in [0.1, 0.15) is 5.76 Å². The predicted molar refractivity (Wildman–Crippen MR) is 88.6 cm³/mol. The van der Waals surface area contributed by atoms with Crippen LogP contribution in [-0.2, 0) is 18.9 Å². The number of aromatic nitrogens is 3. The third-order valence-corrected chi connectivity index (χ3v) is 3.50. The summed E-state index contributed by atoms with van der Waals surface area (Å²) in [5.41, 5.74) is -0.319. The number of rotatable bonds is 3. The smallest absolute Gasteiger partial charge is 0.332 e. The topological polar surface area (TPSA) is 99.1 Å². The van der Waals surface area contributed by atoms with Crippen LogP contribution in [0.25, 0.3) is 17.1 Å². The van der Waals surface area contributed by atoms with Crippen molar-refractivity contribution < 1.29 is 9.21 Å². The number of carbonyl (C=O) groups is 1. The Hall–Kier alpha value is -3.42. The molecule has 122 valence electrons. The van der Waals surface area contributed by atoms with Crippen LogP contribution in [0.3, 0.4) is 0 Å². The summed E-state index contributed by atoms with van der Waals surface area (Å²) in [6, 6.07) is 4.92. The van der Waals surface area contributed by atoms with E-state index < -0.39 is 17.2 Å². The van der Waals surface area contributed by atoms with Crippen molar-refractivity contribution in [3.8, 4) is 0 Å². The monoisotopic (exact) mass is 326 g/mol. The zero-order valence-corrected chi connectivity index (χ0v) is 13.0. The van der Waals surface area contributed by atoms with Gasteiger partial charge < -0.3 is 9.73 Å². The van der Waals surface area contributed by atoms with Gasteiger partial charge in [0.1, 0.15) is 11.4 Å². The number of nitrogens with one attached hydrogen (secondary N) is 1. The maximum Gasteiger partial charge on any atom is 0.332 e. The highest BCUT2D eigenvalue weighted by atomic mass is 16.3. The summed E-state index contributed by atoms with van der Waals surface area (Å²) in [4.78, 5) is 40.1. The fourth-order valence-corrected chi connectivity index (χ4v) is 2.26. The van der Waals surface area contributed by atoms with Crippen LogP contribution in [0.5, 0.6) is 0 Å². The standard InChI is InChI=1S/C16H14N4O4/c1-19-14-12(15(22)20(2)16(19)23)8-10(9-17-14)18-13(21)6-5-11-4-3-7-24-11/h3-9H,1-2H3,(H,18,21)/b6-5+. The molecule has 0 atom stereocenters. The van der Waals surface area contributed by atoms with Gasteiger partial charge in [-0.1, -0.05) is 0 Å². The molecule has 8 nitrogen and oxygen atoms in total. The third-order valence-electron chi connectivity index (χ3n) is 3.50. The Morgan fingerprint density at radius 1 is 1.29 bits per heavy atom. The molecule has 0 aliphatic carbocycles. The molecule has 0 saturated heterocycles. The van der Waals surface area contributed by atoms with Crippen molar-refractivity contribution in [3.05, 3.63) is 63.3 Å². The number of furan rings is 1. The molecule has 0 aliphatic heterocycles. The van der Waals surface area contributed by atoms with E-state index in [1.165, 1.54) is 49.3 Å². The van der Waals surface area contributed by atoms with E-state index in [0.717, 1.165) is 4.57 Å². The van der Waals surface area contributed by atoms with Crippen molar-refractivity contribution in [1.29, 1.82) is 0 Å². The summed E-state index contributed by atoms with van der Waals surface area (Å²) < 4.78 is 7.36. The Kier molecular flexibility index (Phi) is 3.87. The third kappa shape index (κ3) is 2.76. The van der Waals surface area contributed by atoms with Crippen molar-refractivity contribution in [3.63, 3.8) is 0 Å². The first kappa shape index (κ1) is 15.5. The zero-order valence-electron chi connectivity index (χ0n) is 13.0. The minimum absolute atomic E-state index is 0.243. The zero-order chi connectivity index (χ0) is 17.3. The summed E-state index contributed by atoms with van der Waals surface area (Å²) >= 11 is 0. The van der Waals surface area contributed by atoms with E-state index in [4.69, 9.17) is 4.42 Å². The first-order valence-electron chi connectivity index (χ1n) is 7.05. The second-order valence-electron chi connectivity index (χ2n) is 5.14. The molecule has 3 rings (SSSR count). The van der Waals surface area contributed by atoms with Gasteiger partial charge in [0, 0.05) is 20.2 Å².